The Balaban J connectivity index is 2.61. The van der Waals surface area contributed by atoms with E-state index >= 15 is 0 Å². The lowest BCUT2D eigenvalue weighted by Gasteiger charge is -2.27. The Kier molecular flexibility index (Phi) is 4.30. The van der Waals surface area contributed by atoms with E-state index in [1.807, 2.05) is 20.8 Å². The molecule has 3 N–H and O–H groups in total. The Bertz CT molecular complexity index is 315. The van der Waals surface area contributed by atoms with Crippen molar-refractivity contribution in [2.24, 2.45) is 5.41 Å². The summed E-state index contributed by atoms with van der Waals surface area (Å²) in [4.78, 5) is 11.6. The second-order valence-corrected chi connectivity index (χ2v) is 5.58. The second-order valence-electron chi connectivity index (χ2n) is 5.58. The van der Waals surface area contributed by atoms with E-state index in [0.717, 1.165) is 0 Å². The lowest BCUT2D eigenvalue weighted by molar-refractivity contribution is -0.143. The first kappa shape index (κ1) is 14.2. The molecule has 0 radical (unpaired) electrons. The standard InChI is InChI=1S/C12H20O5/c1-12(2,3)6-17-11(16)7-4-8(13)10(15)9(14)5-7/h4,8-10,13-15H,5-6H2,1-3H3. The van der Waals surface area contributed by atoms with Crippen molar-refractivity contribution in [2.45, 2.75) is 45.5 Å². The van der Waals surface area contributed by atoms with Gasteiger partial charge >= 0.3 is 5.97 Å². The lowest BCUT2D eigenvalue weighted by Crippen LogP contribution is -2.41. The van der Waals surface area contributed by atoms with Gasteiger partial charge in [-0.2, -0.15) is 0 Å². The predicted octanol–water partition coefficient (Wildman–Crippen LogP) is -0.0115. The summed E-state index contributed by atoms with van der Waals surface area (Å²) in [7, 11) is 0. The molecule has 0 saturated carbocycles. The highest BCUT2D eigenvalue weighted by molar-refractivity contribution is 5.88. The number of hydrogen-bond acceptors (Lipinski definition) is 5. The molecule has 5 nitrogen and oxygen atoms in total. The van der Waals surface area contributed by atoms with Crippen LogP contribution < -0.4 is 0 Å². The molecule has 1 aliphatic carbocycles. The van der Waals surface area contributed by atoms with Crippen LogP contribution in [-0.4, -0.2) is 46.2 Å². The molecule has 0 aromatic heterocycles. The first-order valence-electron chi connectivity index (χ1n) is 5.63. The summed E-state index contributed by atoms with van der Waals surface area (Å²) in [5.41, 5.74) is 0.0706. The van der Waals surface area contributed by atoms with Crippen molar-refractivity contribution in [1.82, 2.24) is 0 Å². The van der Waals surface area contributed by atoms with E-state index in [4.69, 9.17) is 4.74 Å². The number of esters is 1. The van der Waals surface area contributed by atoms with Gasteiger partial charge < -0.3 is 20.1 Å². The average molecular weight is 244 g/mol. The van der Waals surface area contributed by atoms with Gasteiger partial charge in [0.05, 0.1) is 12.7 Å². The third-order valence-electron chi connectivity index (χ3n) is 2.44. The van der Waals surface area contributed by atoms with Crippen LogP contribution in [0.15, 0.2) is 11.6 Å². The molecule has 0 amide bonds. The minimum atomic E-state index is -1.24. The monoisotopic (exact) mass is 244 g/mol. The van der Waals surface area contributed by atoms with E-state index < -0.39 is 24.3 Å². The van der Waals surface area contributed by atoms with Crippen molar-refractivity contribution < 1.29 is 24.9 Å². The van der Waals surface area contributed by atoms with E-state index in [1.54, 1.807) is 0 Å². The van der Waals surface area contributed by atoms with Gasteiger partial charge in [0.25, 0.3) is 0 Å². The van der Waals surface area contributed by atoms with Crippen LogP contribution in [0.4, 0.5) is 0 Å². The third-order valence-corrected chi connectivity index (χ3v) is 2.44. The summed E-state index contributed by atoms with van der Waals surface area (Å²) >= 11 is 0. The van der Waals surface area contributed by atoms with E-state index in [1.165, 1.54) is 6.08 Å². The molecule has 1 rings (SSSR count). The van der Waals surface area contributed by atoms with Gasteiger partial charge in [0.15, 0.2) is 0 Å². The van der Waals surface area contributed by atoms with Crippen LogP contribution in [0.1, 0.15) is 27.2 Å². The fourth-order valence-electron chi connectivity index (χ4n) is 1.47. The van der Waals surface area contributed by atoms with Crippen LogP contribution in [-0.2, 0) is 9.53 Å². The normalized spacial score (nSPS) is 29.8. The molecular formula is C12H20O5. The summed E-state index contributed by atoms with van der Waals surface area (Å²) < 4.78 is 5.07. The minimum Gasteiger partial charge on any atom is -0.462 e. The van der Waals surface area contributed by atoms with Crippen molar-refractivity contribution in [3.05, 3.63) is 11.6 Å². The molecule has 98 valence electrons. The Morgan fingerprint density at radius 3 is 2.47 bits per heavy atom. The summed E-state index contributed by atoms with van der Waals surface area (Å²) in [6.07, 6.45) is -2.36. The third kappa shape index (κ3) is 4.11. The number of hydrogen-bond donors (Lipinski definition) is 3. The van der Waals surface area contributed by atoms with Crippen molar-refractivity contribution in [3.8, 4) is 0 Å². The van der Waals surface area contributed by atoms with Crippen molar-refractivity contribution in [3.63, 3.8) is 0 Å². The molecule has 0 aliphatic heterocycles. The maximum Gasteiger partial charge on any atom is 0.333 e. The molecule has 1 aliphatic rings. The summed E-state index contributed by atoms with van der Waals surface area (Å²) in [5, 5.41) is 28.1. The first-order valence-corrected chi connectivity index (χ1v) is 5.63. The maximum absolute atomic E-state index is 11.6. The Morgan fingerprint density at radius 1 is 1.41 bits per heavy atom. The van der Waals surface area contributed by atoms with Crippen molar-refractivity contribution in [2.75, 3.05) is 6.61 Å². The highest BCUT2D eigenvalue weighted by Gasteiger charge is 2.32. The van der Waals surface area contributed by atoms with E-state index in [0.29, 0.717) is 0 Å². The van der Waals surface area contributed by atoms with Crippen molar-refractivity contribution in [1.29, 1.82) is 0 Å². The van der Waals surface area contributed by atoms with Crippen LogP contribution in [0, 0.1) is 5.41 Å². The number of carbonyl (C=O) groups is 1. The Hall–Kier alpha value is -0.910. The second kappa shape index (κ2) is 5.16. The fraction of sp³-hybridized carbons (Fsp3) is 0.750. The van der Waals surface area contributed by atoms with Gasteiger partial charge in [-0.25, -0.2) is 4.79 Å². The van der Waals surface area contributed by atoms with E-state index in [9.17, 15) is 20.1 Å². The highest BCUT2D eigenvalue weighted by atomic mass is 16.5. The Labute approximate surface area is 101 Å². The molecule has 0 aromatic rings. The number of aliphatic hydroxyl groups excluding tert-OH is 3. The van der Waals surface area contributed by atoms with Crippen LogP contribution in [0.5, 0.6) is 0 Å². The average Bonchev–Trinajstić information content (AvgIpc) is 2.20. The molecule has 0 spiro atoms. The molecule has 0 heterocycles. The smallest absolute Gasteiger partial charge is 0.333 e. The summed E-state index contributed by atoms with van der Waals surface area (Å²) in [6.45, 7) is 6.06. The molecular weight excluding hydrogens is 224 g/mol. The molecule has 3 atom stereocenters. The quantitative estimate of drug-likeness (QED) is 0.595. The zero-order valence-electron chi connectivity index (χ0n) is 10.4. The minimum absolute atomic E-state index is 0.00119. The van der Waals surface area contributed by atoms with Gasteiger partial charge in [-0.1, -0.05) is 20.8 Å². The highest BCUT2D eigenvalue weighted by Crippen LogP contribution is 2.21. The summed E-state index contributed by atoms with van der Waals surface area (Å²) in [6, 6.07) is 0. The molecule has 0 fully saturated rings. The number of aliphatic hydroxyl groups is 3. The van der Waals surface area contributed by atoms with E-state index in [2.05, 4.69) is 0 Å². The first-order chi connectivity index (χ1) is 7.70. The zero-order valence-corrected chi connectivity index (χ0v) is 10.4. The molecule has 0 bridgehead atoms. The van der Waals surface area contributed by atoms with Crippen molar-refractivity contribution >= 4 is 5.97 Å². The van der Waals surface area contributed by atoms with Gasteiger partial charge in [0, 0.05) is 12.0 Å². The molecule has 3 unspecified atom stereocenters. The zero-order chi connectivity index (χ0) is 13.2. The molecule has 17 heavy (non-hydrogen) atoms. The van der Waals surface area contributed by atoms with Gasteiger partial charge in [-0.3, -0.25) is 0 Å². The van der Waals surface area contributed by atoms with Gasteiger partial charge in [-0.05, 0) is 11.5 Å². The van der Waals surface area contributed by atoms with E-state index in [-0.39, 0.29) is 24.0 Å². The van der Waals surface area contributed by atoms with Crippen LogP contribution in [0.25, 0.3) is 0 Å². The van der Waals surface area contributed by atoms with Crippen LogP contribution in [0.2, 0.25) is 0 Å². The lowest BCUT2D eigenvalue weighted by atomic mass is 9.92. The molecule has 0 aromatic carbocycles. The SMILES string of the molecule is CC(C)(C)COC(=O)C1=CC(O)C(O)C(O)C1. The topological polar surface area (TPSA) is 87.0 Å². The number of ether oxygens (including phenoxy) is 1. The van der Waals surface area contributed by atoms with Gasteiger partial charge in [0.2, 0.25) is 0 Å². The maximum atomic E-state index is 11.6. The molecule has 5 heteroatoms. The van der Waals surface area contributed by atoms with Crippen LogP contribution >= 0.6 is 0 Å². The predicted molar refractivity (Wildman–Crippen MR) is 61.1 cm³/mol. The number of carbonyl (C=O) groups excluding carboxylic acids is 1. The Morgan fingerprint density at radius 2 is 2.00 bits per heavy atom. The summed E-state index contributed by atoms with van der Waals surface area (Å²) in [5.74, 6) is -0.551. The number of rotatable bonds is 2. The van der Waals surface area contributed by atoms with Crippen LogP contribution in [0.3, 0.4) is 0 Å². The molecule has 0 saturated heterocycles. The largest absolute Gasteiger partial charge is 0.462 e. The fourth-order valence-corrected chi connectivity index (χ4v) is 1.47. The van der Waals surface area contributed by atoms with Gasteiger partial charge in [-0.15, -0.1) is 0 Å². The van der Waals surface area contributed by atoms with Gasteiger partial charge in [0.1, 0.15) is 12.2 Å².